The zero-order valence-electron chi connectivity index (χ0n) is 8.97. The molecule has 1 saturated heterocycles. The first-order chi connectivity index (χ1) is 6.71. The number of esters is 1. The molecule has 0 atom stereocenters. The van der Waals surface area contributed by atoms with Crippen LogP contribution in [0.1, 0.15) is 32.6 Å². The van der Waals surface area contributed by atoms with Crippen molar-refractivity contribution in [1.82, 2.24) is 0 Å². The second-order valence-electron chi connectivity index (χ2n) is 4.55. The zero-order valence-corrected chi connectivity index (χ0v) is 8.97. The molecule has 2 rings (SSSR count). The Hall–Kier alpha value is -0.570. The van der Waals surface area contributed by atoms with Crippen LogP contribution >= 0.6 is 0 Å². The van der Waals surface area contributed by atoms with Gasteiger partial charge in [-0.15, -0.1) is 0 Å². The van der Waals surface area contributed by atoms with Crippen LogP contribution in [0.15, 0.2) is 0 Å². The minimum Gasteiger partial charge on any atom is -0.469 e. The minimum absolute atomic E-state index is 0.0195. The van der Waals surface area contributed by atoms with Gasteiger partial charge in [-0.3, -0.25) is 4.79 Å². The Morgan fingerprint density at radius 2 is 2.07 bits per heavy atom. The van der Waals surface area contributed by atoms with E-state index in [1.165, 1.54) is 7.11 Å². The van der Waals surface area contributed by atoms with Crippen molar-refractivity contribution in [3.8, 4) is 0 Å². The summed E-state index contributed by atoms with van der Waals surface area (Å²) in [5.41, 5.74) is -0.132. The lowest BCUT2D eigenvalue weighted by Crippen LogP contribution is -2.61. The topological polar surface area (TPSA) is 35.5 Å². The molecule has 14 heavy (non-hydrogen) atoms. The smallest absolute Gasteiger partial charge is 0.312 e. The van der Waals surface area contributed by atoms with E-state index in [4.69, 9.17) is 9.47 Å². The van der Waals surface area contributed by atoms with Crippen molar-refractivity contribution in [2.75, 3.05) is 20.3 Å². The lowest BCUT2D eigenvalue weighted by Gasteiger charge is -2.57. The monoisotopic (exact) mass is 198 g/mol. The SMILES string of the molecule is CCC1(C2(C(=O)OC)CCC2)COC1. The third-order valence-corrected chi connectivity index (χ3v) is 4.23. The van der Waals surface area contributed by atoms with Crippen molar-refractivity contribution in [3.63, 3.8) is 0 Å². The number of carbonyl (C=O) groups excluding carboxylic acids is 1. The maximum Gasteiger partial charge on any atom is 0.312 e. The molecule has 0 unspecified atom stereocenters. The van der Waals surface area contributed by atoms with E-state index in [9.17, 15) is 4.79 Å². The fourth-order valence-electron chi connectivity index (χ4n) is 2.84. The molecular weight excluding hydrogens is 180 g/mol. The standard InChI is InChI=1S/C11H18O3/c1-3-10(7-14-8-10)11(5-4-6-11)9(12)13-2/h3-8H2,1-2H3. The number of ether oxygens (including phenoxy) is 2. The van der Waals surface area contributed by atoms with Crippen molar-refractivity contribution in [2.45, 2.75) is 32.6 Å². The summed E-state index contributed by atoms with van der Waals surface area (Å²) in [6.07, 6.45) is 4.13. The molecule has 0 radical (unpaired) electrons. The van der Waals surface area contributed by atoms with Gasteiger partial charge in [0.05, 0.1) is 25.7 Å². The van der Waals surface area contributed by atoms with Crippen LogP contribution < -0.4 is 0 Å². The fourth-order valence-corrected chi connectivity index (χ4v) is 2.84. The summed E-state index contributed by atoms with van der Waals surface area (Å²) in [6.45, 7) is 3.61. The fraction of sp³-hybridized carbons (Fsp3) is 0.909. The second-order valence-corrected chi connectivity index (χ2v) is 4.55. The molecule has 0 bridgehead atoms. The predicted molar refractivity (Wildman–Crippen MR) is 51.8 cm³/mol. The molecule has 0 N–H and O–H groups in total. The van der Waals surface area contributed by atoms with Crippen LogP contribution in [0, 0.1) is 10.8 Å². The summed E-state index contributed by atoms with van der Waals surface area (Å²) in [5, 5.41) is 0. The quantitative estimate of drug-likeness (QED) is 0.648. The maximum atomic E-state index is 11.8. The Morgan fingerprint density at radius 1 is 1.43 bits per heavy atom. The molecule has 0 amide bonds. The normalized spacial score (nSPS) is 27.3. The van der Waals surface area contributed by atoms with Crippen molar-refractivity contribution in [1.29, 1.82) is 0 Å². The first kappa shape index (κ1) is 9.97. The average molecular weight is 198 g/mol. The molecule has 1 aliphatic carbocycles. The van der Waals surface area contributed by atoms with Gasteiger partial charge in [0.25, 0.3) is 0 Å². The van der Waals surface area contributed by atoms with Gasteiger partial charge in [-0.05, 0) is 19.3 Å². The Balaban J connectivity index is 2.22. The lowest BCUT2D eigenvalue weighted by atomic mass is 9.51. The molecule has 2 aliphatic rings. The summed E-state index contributed by atoms with van der Waals surface area (Å²) in [7, 11) is 1.49. The Bertz CT molecular complexity index is 233. The van der Waals surface area contributed by atoms with Crippen LogP contribution in [0.5, 0.6) is 0 Å². The summed E-state index contributed by atoms with van der Waals surface area (Å²) in [5.74, 6) is -0.0195. The third-order valence-electron chi connectivity index (χ3n) is 4.23. The number of rotatable bonds is 3. The number of methoxy groups -OCH3 is 1. The second kappa shape index (κ2) is 3.23. The average Bonchev–Trinajstić information content (AvgIpc) is 2.06. The molecule has 0 aromatic rings. The molecule has 3 heteroatoms. The summed E-state index contributed by atoms with van der Waals surface area (Å²) in [6, 6.07) is 0. The third kappa shape index (κ3) is 0.991. The van der Waals surface area contributed by atoms with Gasteiger partial charge in [-0.1, -0.05) is 13.3 Å². The summed E-state index contributed by atoms with van der Waals surface area (Å²) >= 11 is 0. The first-order valence-electron chi connectivity index (χ1n) is 5.37. The molecule has 2 fully saturated rings. The van der Waals surface area contributed by atoms with Crippen molar-refractivity contribution in [3.05, 3.63) is 0 Å². The van der Waals surface area contributed by atoms with Gasteiger partial charge < -0.3 is 9.47 Å². The van der Waals surface area contributed by atoms with Gasteiger partial charge in [-0.2, -0.15) is 0 Å². The molecule has 0 spiro atoms. The van der Waals surface area contributed by atoms with E-state index in [1.807, 2.05) is 0 Å². The van der Waals surface area contributed by atoms with Crippen LogP contribution in [0.3, 0.4) is 0 Å². The van der Waals surface area contributed by atoms with Crippen LogP contribution in [0.25, 0.3) is 0 Å². The van der Waals surface area contributed by atoms with Crippen molar-refractivity contribution < 1.29 is 14.3 Å². The van der Waals surface area contributed by atoms with E-state index in [0.717, 1.165) is 38.9 Å². The minimum atomic E-state index is -0.214. The molecule has 80 valence electrons. The zero-order chi connectivity index (χ0) is 10.2. The molecule has 1 aliphatic heterocycles. The molecule has 1 saturated carbocycles. The van der Waals surface area contributed by atoms with Gasteiger partial charge in [0.1, 0.15) is 0 Å². The van der Waals surface area contributed by atoms with Crippen molar-refractivity contribution in [2.24, 2.45) is 10.8 Å². The van der Waals surface area contributed by atoms with Gasteiger partial charge in [0.2, 0.25) is 0 Å². The first-order valence-corrected chi connectivity index (χ1v) is 5.37. The highest BCUT2D eigenvalue weighted by Gasteiger charge is 2.62. The van der Waals surface area contributed by atoms with Crippen LogP contribution in [0.2, 0.25) is 0 Å². The molecule has 0 aromatic carbocycles. The molecular formula is C11H18O3. The number of hydrogen-bond donors (Lipinski definition) is 0. The van der Waals surface area contributed by atoms with Crippen LogP contribution in [0.4, 0.5) is 0 Å². The number of carbonyl (C=O) groups is 1. The Labute approximate surface area is 84.8 Å². The summed E-state index contributed by atoms with van der Waals surface area (Å²) < 4.78 is 10.2. The number of hydrogen-bond acceptors (Lipinski definition) is 3. The molecule has 1 heterocycles. The Kier molecular flexibility index (Phi) is 2.30. The largest absolute Gasteiger partial charge is 0.469 e. The van der Waals surface area contributed by atoms with E-state index >= 15 is 0 Å². The highest BCUT2D eigenvalue weighted by molar-refractivity contribution is 5.79. The molecule has 3 nitrogen and oxygen atoms in total. The van der Waals surface area contributed by atoms with Crippen molar-refractivity contribution >= 4 is 5.97 Å². The lowest BCUT2D eigenvalue weighted by molar-refractivity contribution is -0.226. The van der Waals surface area contributed by atoms with Gasteiger partial charge in [0.15, 0.2) is 0 Å². The molecule has 0 aromatic heterocycles. The maximum absolute atomic E-state index is 11.8. The highest BCUT2D eigenvalue weighted by Crippen LogP contribution is 2.59. The van der Waals surface area contributed by atoms with E-state index < -0.39 is 0 Å². The van der Waals surface area contributed by atoms with Crippen LogP contribution in [-0.4, -0.2) is 26.3 Å². The van der Waals surface area contributed by atoms with E-state index in [1.54, 1.807) is 0 Å². The highest BCUT2D eigenvalue weighted by atomic mass is 16.5. The van der Waals surface area contributed by atoms with E-state index in [2.05, 4.69) is 6.92 Å². The summed E-state index contributed by atoms with van der Waals surface area (Å²) in [4.78, 5) is 11.8. The van der Waals surface area contributed by atoms with E-state index in [0.29, 0.717) is 0 Å². The van der Waals surface area contributed by atoms with E-state index in [-0.39, 0.29) is 16.8 Å². The van der Waals surface area contributed by atoms with Crippen LogP contribution in [-0.2, 0) is 14.3 Å². The predicted octanol–water partition coefficient (Wildman–Crippen LogP) is 1.76. The van der Waals surface area contributed by atoms with Gasteiger partial charge in [0, 0.05) is 5.41 Å². The van der Waals surface area contributed by atoms with Gasteiger partial charge in [-0.25, -0.2) is 0 Å². The Morgan fingerprint density at radius 3 is 2.29 bits per heavy atom. The van der Waals surface area contributed by atoms with Gasteiger partial charge >= 0.3 is 5.97 Å².